The van der Waals surface area contributed by atoms with Gasteiger partial charge in [0.1, 0.15) is 11.5 Å². The Kier molecular flexibility index (Phi) is 1.49. The Morgan fingerprint density at radius 1 is 1.36 bits per heavy atom. The lowest BCUT2D eigenvalue weighted by Gasteiger charge is -2.21. The molecule has 0 amide bonds. The molecule has 1 atom stereocenters. The number of ketones is 1. The smallest absolute Gasteiger partial charge is 0.198 e. The predicted molar refractivity (Wildman–Crippen MR) is 37.1 cm³/mol. The van der Waals surface area contributed by atoms with Crippen LogP contribution in [0.25, 0.3) is 0 Å². The maximum atomic E-state index is 10.8. The zero-order valence-corrected chi connectivity index (χ0v) is 5.90. The number of aliphatic hydroxyl groups is 3. The third-order valence-electron chi connectivity index (χ3n) is 1.54. The van der Waals surface area contributed by atoms with E-state index in [1.165, 1.54) is 0 Å². The monoisotopic (exact) mass is 156 g/mol. The minimum Gasteiger partial charge on any atom is -0.509 e. The van der Waals surface area contributed by atoms with E-state index in [1.54, 1.807) is 0 Å². The van der Waals surface area contributed by atoms with Crippen molar-refractivity contribution in [2.75, 3.05) is 0 Å². The molecule has 0 radical (unpaired) electrons. The molecule has 1 aliphatic rings. The van der Waals surface area contributed by atoms with Crippen molar-refractivity contribution in [2.24, 2.45) is 0 Å². The standard InChI is InChI=1S/C7H8O4/c1-7(11)5(9)2-4(8)3-6(7)10/h2-3,8-9,11H,1H3. The van der Waals surface area contributed by atoms with E-state index in [4.69, 9.17) is 10.2 Å². The second kappa shape index (κ2) is 2.10. The molecule has 4 nitrogen and oxygen atoms in total. The molecule has 0 aromatic carbocycles. The van der Waals surface area contributed by atoms with Crippen LogP contribution in [0.4, 0.5) is 0 Å². The first-order chi connectivity index (χ1) is 4.94. The highest BCUT2D eigenvalue weighted by Crippen LogP contribution is 2.21. The third kappa shape index (κ3) is 1.12. The SMILES string of the molecule is CC1(O)C(=O)C=C(O)C=C1O. The second-order valence-electron chi connectivity index (χ2n) is 2.54. The van der Waals surface area contributed by atoms with Crippen LogP contribution in [0, 0.1) is 0 Å². The van der Waals surface area contributed by atoms with Gasteiger partial charge in [0.15, 0.2) is 11.4 Å². The molecule has 4 heteroatoms. The van der Waals surface area contributed by atoms with Crippen molar-refractivity contribution in [1.82, 2.24) is 0 Å². The molecule has 0 saturated heterocycles. The Hall–Kier alpha value is -1.29. The van der Waals surface area contributed by atoms with Gasteiger partial charge in [-0.15, -0.1) is 0 Å². The first-order valence-electron chi connectivity index (χ1n) is 3.03. The zero-order chi connectivity index (χ0) is 8.65. The highest BCUT2D eigenvalue weighted by molar-refractivity contribution is 6.00. The van der Waals surface area contributed by atoms with Gasteiger partial charge in [-0.2, -0.15) is 0 Å². The fourth-order valence-corrected chi connectivity index (χ4v) is 0.723. The predicted octanol–water partition coefficient (Wildman–Crippen LogP) is 0.204. The number of allylic oxidation sites excluding steroid dienone is 1. The Morgan fingerprint density at radius 2 is 1.91 bits per heavy atom. The number of carbonyl (C=O) groups is 1. The lowest BCUT2D eigenvalue weighted by Crippen LogP contribution is -2.38. The number of hydrogen-bond acceptors (Lipinski definition) is 4. The first-order valence-corrected chi connectivity index (χ1v) is 3.03. The summed E-state index contributed by atoms with van der Waals surface area (Å²) in [5, 5.41) is 26.9. The van der Waals surface area contributed by atoms with Crippen molar-refractivity contribution >= 4 is 5.78 Å². The van der Waals surface area contributed by atoms with Crippen LogP contribution >= 0.6 is 0 Å². The Morgan fingerprint density at radius 3 is 2.36 bits per heavy atom. The molecule has 0 aromatic rings. The highest BCUT2D eigenvalue weighted by Gasteiger charge is 2.36. The lowest BCUT2D eigenvalue weighted by molar-refractivity contribution is -0.130. The molecule has 11 heavy (non-hydrogen) atoms. The molecule has 0 bridgehead atoms. The molecule has 0 saturated carbocycles. The van der Waals surface area contributed by atoms with Crippen LogP contribution in [0.3, 0.4) is 0 Å². The van der Waals surface area contributed by atoms with E-state index in [2.05, 4.69) is 0 Å². The molecule has 60 valence electrons. The van der Waals surface area contributed by atoms with Gasteiger partial charge in [-0.3, -0.25) is 4.79 Å². The minimum absolute atomic E-state index is 0.348. The van der Waals surface area contributed by atoms with Crippen molar-refractivity contribution in [3.8, 4) is 0 Å². The van der Waals surface area contributed by atoms with Gasteiger partial charge in [0.05, 0.1) is 0 Å². The summed E-state index contributed by atoms with van der Waals surface area (Å²) in [4.78, 5) is 10.8. The number of hydrogen-bond donors (Lipinski definition) is 3. The third-order valence-corrected chi connectivity index (χ3v) is 1.54. The molecule has 0 heterocycles. The average Bonchev–Trinajstić information content (AvgIpc) is 1.84. The summed E-state index contributed by atoms with van der Waals surface area (Å²) < 4.78 is 0. The summed E-state index contributed by atoms with van der Waals surface area (Å²) in [5.74, 6) is -1.61. The summed E-state index contributed by atoms with van der Waals surface area (Å²) in [6, 6.07) is 0. The molecule has 1 aliphatic carbocycles. The van der Waals surface area contributed by atoms with Gasteiger partial charge in [-0.1, -0.05) is 0 Å². The fourth-order valence-electron chi connectivity index (χ4n) is 0.723. The molecule has 0 fully saturated rings. The Balaban J connectivity index is 3.11. The van der Waals surface area contributed by atoms with Gasteiger partial charge in [0, 0.05) is 12.2 Å². The Labute approximate surface area is 63.1 Å². The van der Waals surface area contributed by atoms with Gasteiger partial charge < -0.3 is 15.3 Å². The zero-order valence-electron chi connectivity index (χ0n) is 5.90. The van der Waals surface area contributed by atoms with Crippen LogP contribution < -0.4 is 0 Å². The molecule has 0 aromatic heterocycles. The number of carbonyl (C=O) groups excluding carboxylic acids is 1. The van der Waals surface area contributed by atoms with Crippen LogP contribution in [0.1, 0.15) is 6.92 Å². The quantitative estimate of drug-likeness (QED) is 0.468. The van der Waals surface area contributed by atoms with E-state index in [1.807, 2.05) is 0 Å². The molecule has 3 N–H and O–H groups in total. The summed E-state index contributed by atoms with van der Waals surface area (Å²) in [5.41, 5.74) is -1.88. The van der Waals surface area contributed by atoms with Crippen LogP contribution in [0.2, 0.25) is 0 Å². The number of aliphatic hydroxyl groups excluding tert-OH is 2. The topological polar surface area (TPSA) is 77.8 Å². The van der Waals surface area contributed by atoms with E-state index in [9.17, 15) is 9.90 Å². The van der Waals surface area contributed by atoms with Crippen LogP contribution in [0.15, 0.2) is 23.7 Å². The van der Waals surface area contributed by atoms with Gasteiger partial charge in [-0.25, -0.2) is 0 Å². The van der Waals surface area contributed by atoms with Crippen molar-refractivity contribution in [2.45, 2.75) is 12.5 Å². The van der Waals surface area contributed by atoms with Crippen molar-refractivity contribution in [3.63, 3.8) is 0 Å². The molecular weight excluding hydrogens is 148 g/mol. The van der Waals surface area contributed by atoms with Crippen LogP contribution in [0.5, 0.6) is 0 Å². The van der Waals surface area contributed by atoms with Gasteiger partial charge in [0.25, 0.3) is 0 Å². The molecule has 1 rings (SSSR count). The van der Waals surface area contributed by atoms with E-state index < -0.39 is 17.1 Å². The van der Waals surface area contributed by atoms with Crippen molar-refractivity contribution in [3.05, 3.63) is 23.7 Å². The summed E-state index contributed by atoms with van der Waals surface area (Å²) >= 11 is 0. The molecule has 0 spiro atoms. The maximum Gasteiger partial charge on any atom is 0.198 e. The van der Waals surface area contributed by atoms with Gasteiger partial charge in [0.2, 0.25) is 0 Å². The van der Waals surface area contributed by atoms with Gasteiger partial charge >= 0.3 is 0 Å². The maximum absolute atomic E-state index is 10.8. The van der Waals surface area contributed by atoms with Gasteiger partial charge in [-0.05, 0) is 6.92 Å². The lowest BCUT2D eigenvalue weighted by atomic mass is 9.93. The van der Waals surface area contributed by atoms with Crippen LogP contribution in [-0.2, 0) is 4.79 Å². The van der Waals surface area contributed by atoms with Crippen molar-refractivity contribution < 1.29 is 20.1 Å². The molecule has 0 aliphatic heterocycles. The Bertz CT molecular complexity index is 260. The highest BCUT2D eigenvalue weighted by atomic mass is 16.3. The first kappa shape index (κ1) is 7.81. The largest absolute Gasteiger partial charge is 0.509 e. The van der Waals surface area contributed by atoms with E-state index in [0.29, 0.717) is 0 Å². The normalized spacial score (nSPS) is 31.3. The van der Waals surface area contributed by atoms with E-state index >= 15 is 0 Å². The van der Waals surface area contributed by atoms with Crippen LogP contribution in [-0.4, -0.2) is 26.7 Å². The van der Waals surface area contributed by atoms with E-state index in [-0.39, 0.29) is 5.76 Å². The van der Waals surface area contributed by atoms with Crippen molar-refractivity contribution in [1.29, 1.82) is 0 Å². The summed E-state index contributed by atoms with van der Waals surface area (Å²) in [6.45, 7) is 1.16. The molecular formula is C7H8O4. The fraction of sp³-hybridized carbons (Fsp3) is 0.286. The summed E-state index contributed by atoms with van der Waals surface area (Å²) in [7, 11) is 0. The minimum atomic E-state index is -1.88. The average molecular weight is 156 g/mol. The van der Waals surface area contributed by atoms with E-state index in [0.717, 1.165) is 19.1 Å². The number of rotatable bonds is 0. The molecule has 1 unspecified atom stereocenters. The summed E-state index contributed by atoms with van der Waals surface area (Å²) in [6.07, 6.45) is 1.79. The second-order valence-corrected chi connectivity index (χ2v) is 2.54.